The Balaban J connectivity index is 1.93. The summed E-state index contributed by atoms with van der Waals surface area (Å²) in [5.74, 6) is -2.37. The van der Waals surface area contributed by atoms with Gasteiger partial charge in [0.1, 0.15) is 18.2 Å². The van der Waals surface area contributed by atoms with Gasteiger partial charge in [0.25, 0.3) is 0 Å². The maximum atomic E-state index is 13.8. The van der Waals surface area contributed by atoms with E-state index in [4.69, 9.17) is 9.47 Å². The molecular weight excluding hydrogens is 412 g/mol. The Morgan fingerprint density at radius 1 is 1.31 bits per heavy atom. The molecule has 2 unspecified atom stereocenters. The molecule has 178 valence electrons. The Morgan fingerprint density at radius 3 is 2.75 bits per heavy atom. The van der Waals surface area contributed by atoms with Crippen LogP contribution in [-0.4, -0.2) is 83.3 Å². The summed E-state index contributed by atoms with van der Waals surface area (Å²) in [5.41, 5.74) is -1.03. The molecule has 0 aromatic carbocycles. The Morgan fingerprint density at radius 2 is 2.09 bits per heavy atom. The molecule has 8 nitrogen and oxygen atoms in total. The van der Waals surface area contributed by atoms with Crippen LogP contribution in [0.5, 0.6) is 0 Å². The van der Waals surface area contributed by atoms with Gasteiger partial charge in [-0.3, -0.25) is 14.4 Å². The summed E-state index contributed by atoms with van der Waals surface area (Å²) in [4.78, 5) is 43.5. The summed E-state index contributed by atoms with van der Waals surface area (Å²) in [6, 6.07) is -0.810. The Hall–Kier alpha value is -2.19. The summed E-state index contributed by atoms with van der Waals surface area (Å²) < 4.78 is 11.6. The third-order valence-corrected chi connectivity index (χ3v) is 6.90. The van der Waals surface area contributed by atoms with Gasteiger partial charge in [-0.15, -0.1) is 6.58 Å². The first-order chi connectivity index (χ1) is 15.5. The number of aliphatic hydroxyl groups excluding tert-OH is 1. The summed E-state index contributed by atoms with van der Waals surface area (Å²) in [7, 11) is 0. The molecule has 0 aromatic rings. The zero-order valence-electron chi connectivity index (χ0n) is 19.0. The molecule has 3 heterocycles. The van der Waals surface area contributed by atoms with E-state index in [9.17, 15) is 19.5 Å². The van der Waals surface area contributed by atoms with E-state index in [0.29, 0.717) is 32.4 Å². The molecule has 2 amide bonds. The Labute approximate surface area is 190 Å². The highest BCUT2D eigenvalue weighted by atomic mass is 16.6. The van der Waals surface area contributed by atoms with Gasteiger partial charge in [-0.25, -0.2) is 0 Å². The molecule has 2 bridgehead atoms. The fraction of sp³-hybridized carbons (Fsp3) is 0.708. The fourth-order valence-electron chi connectivity index (χ4n) is 5.59. The van der Waals surface area contributed by atoms with E-state index in [0.717, 1.165) is 19.3 Å². The summed E-state index contributed by atoms with van der Waals surface area (Å²) in [6.07, 6.45) is 7.15. The number of esters is 1. The first kappa shape index (κ1) is 24.5. The third-order valence-electron chi connectivity index (χ3n) is 6.90. The molecule has 3 fully saturated rings. The predicted octanol–water partition coefficient (Wildman–Crippen LogP) is 1.68. The van der Waals surface area contributed by atoms with Gasteiger partial charge in [-0.2, -0.15) is 0 Å². The van der Waals surface area contributed by atoms with Crippen molar-refractivity contribution >= 4 is 17.8 Å². The quantitative estimate of drug-likeness (QED) is 0.262. The molecule has 1 N–H and O–H groups in total. The van der Waals surface area contributed by atoms with Crippen molar-refractivity contribution < 1.29 is 29.0 Å². The van der Waals surface area contributed by atoms with Crippen LogP contribution in [-0.2, 0) is 23.9 Å². The first-order valence-electron chi connectivity index (χ1n) is 11.7. The number of rotatable bonds is 13. The van der Waals surface area contributed by atoms with Crippen LogP contribution in [0, 0.1) is 11.8 Å². The van der Waals surface area contributed by atoms with Crippen LogP contribution in [0.2, 0.25) is 0 Å². The topological polar surface area (TPSA) is 96.4 Å². The molecule has 5 atom stereocenters. The third kappa shape index (κ3) is 4.22. The van der Waals surface area contributed by atoms with Gasteiger partial charge in [0.05, 0.1) is 17.9 Å². The minimum Gasteiger partial charge on any atom is -0.461 e. The number of fused-ring (bicyclic) bond motifs is 1. The second kappa shape index (κ2) is 10.6. The monoisotopic (exact) mass is 448 g/mol. The lowest BCUT2D eigenvalue weighted by Crippen LogP contribution is -2.56. The molecule has 3 rings (SSSR count). The van der Waals surface area contributed by atoms with Crippen LogP contribution in [0.15, 0.2) is 25.3 Å². The molecule has 3 aliphatic rings. The SMILES string of the molecule is C=CCOC(=O)[C@@H]1[C@@H]2CCC3(O2)C(C(=O)N(CC=C)CCCCC)N(CCCO)C(=O)[C@H]13. The molecule has 32 heavy (non-hydrogen) atoms. The van der Waals surface area contributed by atoms with Gasteiger partial charge in [0.2, 0.25) is 11.8 Å². The van der Waals surface area contributed by atoms with E-state index in [1.807, 2.05) is 0 Å². The van der Waals surface area contributed by atoms with Gasteiger partial charge in [0.15, 0.2) is 0 Å². The molecule has 8 heteroatoms. The van der Waals surface area contributed by atoms with Crippen LogP contribution in [0.3, 0.4) is 0 Å². The lowest BCUT2D eigenvalue weighted by Gasteiger charge is -2.36. The van der Waals surface area contributed by atoms with E-state index in [1.165, 1.54) is 11.0 Å². The van der Waals surface area contributed by atoms with Crippen LogP contribution in [0.25, 0.3) is 0 Å². The number of unbranched alkanes of at least 4 members (excludes halogenated alkanes) is 2. The van der Waals surface area contributed by atoms with E-state index in [1.54, 1.807) is 11.0 Å². The minimum absolute atomic E-state index is 0.0666. The number of aliphatic hydroxyl groups is 1. The normalized spacial score (nSPS) is 30.3. The maximum Gasteiger partial charge on any atom is 0.312 e. The lowest BCUT2D eigenvalue weighted by atomic mass is 9.70. The van der Waals surface area contributed by atoms with Crippen molar-refractivity contribution in [1.29, 1.82) is 0 Å². The van der Waals surface area contributed by atoms with Crippen molar-refractivity contribution in [2.24, 2.45) is 11.8 Å². The Bertz CT molecular complexity index is 740. The van der Waals surface area contributed by atoms with E-state index in [-0.39, 0.29) is 31.6 Å². The van der Waals surface area contributed by atoms with Gasteiger partial charge in [-0.1, -0.05) is 38.5 Å². The van der Waals surface area contributed by atoms with Crippen molar-refractivity contribution in [3.63, 3.8) is 0 Å². The minimum atomic E-state index is -1.03. The smallest absolute Gasteiger partial charge is 0.312 e. The van der Waals surface area contributed by atoms with Crippen LogP contribution in [0.1, 0.15) is 45.4 Å². The second-order valence-electron chi connectivity index (χ2n) is 8.86. The second-order valence-corrected chi connectivity index (χ2v) is 8.86. The molecule has 0 aromatic heterocycles. The summed E-state index contributed by atoms with van der Waals surface area (Å²) in [5, 5.41) is 9.38. The van der Waals surface area contributed by atoms with Gasteiger partial charge in [-0.05, 0) is 25.7 Å². The van der Waals surface area contributed by atoms with Crippen molar-refractivity contribution in [3.05, 3.63) is 25.3 Å². The van der Waals surface area contributed by atoms with Gasteiger partial charge < -0.3 is 24.4 Å². The molecule has 0 saturated carbocycles. The number of nitrogens with zero attached hydrogens (tertiary/aromatic N) is 2. The van der Waals surface area contributed by atoms with Gasteiger partial charge in [0, 0.05) is 26.2 Å². The highest BCUT2D eigenvalue weighted by Gasteiger charge is 2.74. The molecule has 0 radical (unpaired) electrons. The molecule has 3 saturated heterocycles. The maximum absolute atomic E-state index is 13.8. The van der Waals surface area contributed by atoms with Crippen molar-refractivity contribution in [1.82, 2.24) is 9.80 Å². The van der Waals surface area contributed by atoms with Gasteiger partial charge >= 0.3 is 5.97 Å². The largest absolute Gasteiger partial charge is 0.461 e. The number of hydrogen-bond donors (Lipinski definition) is 1. The molecular formula is C24H36N2O6. The van der Waals surface area contributed by atoms with Crippen LogP contribution < -0.4 is 0 Å². The van der Waals surface area contributed by atoms with Crippen molar-refractivity contribution in [3.8, 4) is 0 Å². The zero-order chi connectivity index (χ0) is 23.3. The first-order valence-corrected chi connectivity index (χ1v) is 11.7. The number of amides is 2. The number of carbonyl (C=O) groups is 3. The summed E-state index contributed by atoms with van der Waals surface area (Å²) >= 11 is 0. The predicted molar refractivity (Wildman–Crippen MR) is 118 cm³/mol. The van der Waals surface area contributed by atoms with Crippen molar-refractivity contribution in [2.75, 3.05) is 32.8 Å². The van der Waals surface area contributed by atoms with Crippen LogP contribution in [0.4, 0.5) is 0 Å². The highest BCUT2D eigenvalue weighted by molar-refractivity contribution is 5.98. The van der Waals surface area contributed by atoms with E-state index in [2.05, 4.69) is 20.1 Å². The molecule has 3 aliphatic heterocycles. The Kier molecular flexibility index (Phi) is 8.11. The fourth-order valence-corrected chi connectivity index (χ4v) is 5.59. The average Bonchev–Trinajstić information content (AvgIpc) is 3.42. The number of likely N-dealkylation sites (tertiary alicyclic amines) is 1. The number of carbonyl (C=O) groups excluding carboxylic acids is 3. The number of hydrogen-bond acceptors (Lipinski definition) is 6. The summed E-state index contributed by atoms with van der Waals surface area (Å²) in [6.45, 7) is 10.6. The standard InChI is InChI=1S/C24H36N2O6/c1-4-7-8-13-25(12-5-2)22(29)20-24-11-10-17(32-24)18(23(30)31-16-6-3)19(24)21(28)26(20)14-9-15-27/h5-6,17-20,27H,2-4,7-16H2,1H3/t17-,18+,19-,20?,24?/m0/s1. The lowest BCUT2D eigenvalue weighted by molar-refractivity contribution is -0.154. The highest BCUT2D eigenvalue weighted by Crippen LogP contribution is 2.58. The van der Waals surface area contributed by atoms with Crippen LogP contribution >= 0.6 is 0 Å². The molecule has 0 aliphatic carbocycles. The zero-order valence-corrected chi connectivity index (χ0v) is 19.0. The molecule has 1 spiro atoms. The average molecular weight is 449 g/mol. The van der Waals surface area contributed by atoms with E-state index < -0.39 is 35.6 Å². The van der Waals surface area contributed by atoms with E-state index >= 15 is 0 Å². The van der Waals surface area contributed by atoms with Crippen molar-refractivity contribution in [2.45, 2.75) is 63.2 Å². The number of ether oxygens (including phenoxy) is 2.